The van der Waals surface area contributed by atoms with Gasteiger partial charge in [0, 0.05) is 26.2 Å². The predicted molar refractivity (Wildman–Crippen MR) is 89.1 cm³/mol. The van der Waals surface area contributed by atoms with Gasteiger partial charge in [0.1, 0.15) is 0 Å². The molecule has 2 heterocycles. The highest BCUT2D eigenvalue weighted by molar-refractivity contribution is 4.94. The number of β-amino-alcohol motifs (C(OH)–C–C–N with tert-alkyl or cyclic N) is 4. The second kappa shape index (κ2) is 11.4. The number of hydrogen-bond donors (Lipinski definition) is 9. The van der Waals surface area contributed by atoms with Crippen molar-refractivity contribution in [2.24, 2.45) is 0 Å². The summed E-state index contributed by atoms with van der Waals surface area (Å²) in [4.78, 5) is 3.24. The van der Waals surface area contributed by atoms with Crippen molar-refractivity contribution in [2.45, 2.75) is 42.6 Å². The fraction of sp³-hybridized carbons (Fsp3) is 1.00. The summed E-state index contributed by atoms with van der Waals surface area (Å²) in [5, 5.41) is 81.5. The largest absolute Gasteiger partial charge is 0.395 e. The molecule has 0 amide bonds. The van der Waals surface area contributed by atoms with Crippen LogP contribution in [0, 0.1) is 0 Å². The molecule has 0 aromatic carbocycles. The van der Waals surface area contributed by atoms with Gasteiger partial charge in [0.05, 0.1) is 69.0 Å². The number of nitrogens with zero attached hydrogens (tertiary/aromatic N) is 2. The van der Waals surface area contributed by atoms with Crippen LogP contribution >= 0.6 is 0 Å². The molecular weight excluding hydrogens is 352 g/mol. The van der Waals surface area contributed by atoms with Crippen LogP contribution in [0.2, 0.25) is 0 Å². The molecule has 26 heavy (non-hydrogen) atoms. The lowest BCUT2D eigenvalue weighted by atomic mass is 10.1. The van der Waals surface area contributed by atoms with Crippen LogP contribution in [0.4, 0.5) is 0 Å². The SMILES string of the molecule is OCC(O)CN1C[C@H](O)[C@@H](O)[C@@H]1CO.OCCN1C[C@H](O)[C@@H](O)[C@@H]1CO. The summed E-state index contributed by atoms with van der Waals surface area (Å²) in [6, 6.07) is -1.00. The van der Waals surface area contributed by atoms with Crippen LogP contribution in [0.25, 0.3) is 0 Å². The molecule has 9 N–H and O–H groups in total. The summed E-state index contributed by atoms with van der Waals surface area (Å²) in [5.74, 6) is 0. The van der Waals surface area contributed by atoms with E-state index in [0.717, 1.165) is 0 Å². The van der Waals surface area contributed by atoms with E-state index in [-0.39, 0.29) is 39.5 Å². The van der Waals surface area contributed by atoms with Crippen LogP contribution in [0.15, 0.2) is 0 Å². The molecular formula is C15H32N2O9. The zero-order valence-corrected chi connectivity index (χ0v) is 14.6. The number of hydrogen-bond acceptors (Lipinski definition) is 11. The monoisotopic (exact) mass is 384 g/mol. The van der Waals surface area contributed by atoms with Gasteiger partial charge in [-0.2, -0.15) is 0 Å². The molecule has 0 aromatic heterocycles. The molecule has 0 aromatic rings. The third kappa shape index (κ3) is 6.04. The highest BCUT2D eigenvalue weighted by Crippen LogP contribution is 2.18. The topological polar surface area (TPSA) is 189 Å². The minimum absolute atomic E-state index is 0.0318. The van der Waals surface area contributed by atoms with Crippen molar-refractivity contribution in [3.8, 4) is 0 Å². The van der Waals surface area contributed by atoms with E-state index in [4.69, 9.17) is 25.5 Å². The molecule has 11 nitrogen and oxygen atoms in total. The summed E-state index contributed by atoms with van der Waals surface area (Å²) in [7, 11) is 0. The van der Waals surface area contributed by atoms with E-state index in [0.29, 0.717) is 13.1 Å². The van der Waals surface area contributed by atoms with E-state index in [2.05, 4.69) is 0 Å². The molecule has 2 aliphatic rings. The molecule has 2 aliphatic heterocycles. The van der Waals surface area contributed by atoms with Crippen LogP contribution in [-0.4, -0.2) is 151 Å². The van der Waals surface area contributed by atoms with Crippen molar-refractivity contribution in [3.63, 3.8) is 0 Å². The smallest absolute Gasteiger partial charge is 0.0988 e. The van der Waals surface area contributed by atoms with E-state index in [1.54, 1.807) is 9.80 Å². The molecule has 0 radical (unpaired) electrons. The second-order valence-corrected chi connectivity index (χ2v) is 6.62. The number of likely N-dealkylation sites (tertiary alicyclic amines) is 2. The van der Waals surface area contributed by atoms with Gasteiger partial charge < -0.3 is 46.0 Å². The summed E-state index contributed by atoms with van der Waals surface area (Å²) in [6.07, 6.45) is -4.53. The van der Waals surface area contributed by atoms with Crippen LogP contribution in [-0.2, 0) is 0 Å². The Bertz CT molecular complexity index is 392. The molecule has 0 saturated carbocycles. The Balaban J connectivity index is 0.000000263. The first kappa shape index (κ1) is 23.6. The first-order valence-electron chi connectivity index (χ1n) is 8.62. The van der Waals surface area contributed by atoms with Gasteiger partial charge in [-0.25, -0.2) is 0 Å². The average molecular weight is 384 g/mol. The lowest BCUT2D eigenvalue weighted by Crippen LogP contribution is -2.43. The minimum atomic E-state index is -0.995. The molecule has 0 aliphatic carbocycles. The second-order valence-electron chi connectivity index (χ2n) is 6.62. The van der Waals surface area contributed by atoms with E-state index < -0.39 is 42.6 Å². The molecule has 1 unspecified atom stereocenters. The zero-order chi connectivity index (χ0) is 19.9. The van der Waals surface area contributed by atoms with Crippen molar-refractivity contribution < 1.29 is 46.0 Å². The molecule has 11 heteroatoms. The summed E-state index contributed by atoms with van der Waals surface area (Å²) < 4.78 is 0. The van der Waals surface area contributed by atoms with E-state index in [1.807, 2.05) is 0 Å². The first-order chi connectivity index (χ1) is 12.3. The van der Waals surface area contributed by atoms with Crippen molar-refractivity contribution in [2.75, 3.05) is 52.6 Å². The summed E-state index contributed by atoms with van der Waals surface area (Å²) in [6.45, 7) is 0.136. The van der Waals surface area contributed by atoms with Crippen LogP contribution in [0.5, 0.6) is 0 Å². The van der Waals surface area contributed by atoms with Gasteiger partial charge in [-0.05, 0) is 0 Å². The first-order valence-corrected chi connectivity index (χ1v) is 8.62. The Hall–Kier alpha value is -0.440. The Labute approximate surface area is 152 Å². The molecule has 0 spiro atoms. The Kier molecular flexibility index (Phi) is 10.4. The van der Waals surface area contributed by atoms with Gasteiger partial charge in [0.25, 0.3) is 0 Å². The van der Waals surface area contributed by atoms with Crippen LogP contribution < -0.4 is 0 Å². The molecule has 7 atom stereocenters. The normalized spacial score (nSPS) is 36.8. The van der Waals surface area contributed by atoms with Gasteiger partial charge in [0.2, 0.25) is 0 Å². The minimum Gasteiger partial charge on any atom is -0.395 e. The van der Waals surface area contributed by atoms with Gasteiger partial charge >= 0.3 is 0 Å². The summed E-state index contributed by atoms with van der Waals surface area (Å²) in [5.41, 5.74) is 0. The lowest BCUT2D eigenvalue weighted by Gasteiger charge is -2.25. The maximum atomic E-state index is 9.42. The van der Waals surface area contributed by atoms with Crippen molar-refractivity contribution in [3.05, 3.63) is 0 Å². The Morgan fingerprint density at radius 3 is 1.65 bits per heavy atom. The third-order valence-corrected chi connectivity index (χ3v) is 4.78. The summed E-state index contributed by atoms with van der Waals surface area (Å²) >= 11 is 0. The Morgan fingerprint density at radius 2 is 1.23 bits per heavy atom. The van der Waals surface area contributed by atoms with Crippen molar-refractivity contribution in [1.82, 2.24) is 9.80 Å². The zero-order valence-electron chi connectivity index (χ0n) is 14.6. The van der Waals surface area contributed by atoms with Gasteiger partial charge in [-0.1, -0.05) is 0 Å². The van der Waals surface area contributed by atoms with Gasteiger partial charge in [-0.15, -0.1) is 0 Å². The predicted octanol–water partition coefficient (Wildman–Crippen LogP) is -5.89. The van der Waals surface area contributed by atoms with Crippen LogP contribution in [0.1, 0.15) is 0 Å². The van der Waals surface area contributed by atoms with E-state index in [9.17, 15) is 20.4 Å². The van der Waals surface area contributed by atoms with Gasteiger partial charge in [-0.3, -0.25) is 9.80 Å². The number of aliphatic hydroxyl groups excluding tert-OH is 9. The lowest BCUT2D eigenvalue weighted by molar-refractivity contribution is 0.0104. The maximum Gasteiger partial charge on any atom is 0.0988 e. The molecule has 2 saturated heterocycles. The van der Waals surface area contributed by atoms with E-state index in [1.165, 1.54) is 0 Å². The van der Waals surface area contributed by atoms with Crippen LogP contribution in [0.3, 0.4) is 0 Å². The quantitative estimate of drug-likeness (QED) is 0.203. The number of rotatable bonds is 7. The highest BCUT2D eigenvalue weighted by atomic mass is 16.3. The standard InChI is InChI=1S/C8H17NO5.C7H15NO4/c10-3-5(12)1-9-2-7(13)8(14)6(9)4-11;9-2-1-8-3-6(11)7(12)5(8)4-10/h5-8,10-14H,1-4H2;5-7,9-12H,1-4H2/t5?,6-,7-,8-;5-,6-,7-/m00/s1. The molecule has 2 rings (SSSR count). The van der Waals surface area contributed by atoms with Crippen molar-refractivity contribution >= 4 is 0 Å². The van der Waals surface area contributed by atoms with Crippen molar-refractivity contribution in [1.29, 1.82) is 0 Å². The van der Waals surface area contributed by atoms with E-state index >= 15 is 0 Å². The fourth-order valence-corrected chi connectivity index (χ4v) is 3.28. The fourth-order valence-electron chi connectivity index (χ4n) is 3.28. The maximum absolute atomic E-state index is 9.42. The number of aliphatic hydroxyl groups is 9. The molecule has 156 valence electrons. The van der Waals surface area contributed by atoms with Gasteiger partial charge in [0.15, 0.2) is 0 Å². The average Bonchev–Trinajstić information content (AvgIpc) is 3.04. The Morgan fingerprint density at radius 1 is 0.769 bits per heavy atom. The molecule has 2 fully saturated rings. The third-order valence-electron chi connectivity index (χ3n) is 4.78. The molecule has 0 bridgehead atoms. The highest BCUT2D eigenvalue weighted by Gasteiger charge is 2.40.